The molecule has 0 unspecified atom stereocenters. The number of aryl methyl sites for hydroxylation is 1. The highest BCUT2D eigenvalue weighted by Gasteiger charge is 2.35. The smallest absolute Gasteiger partial charge is 0.200 e. The van der Waals surface area contributed by atoms with Crippen LogP contribution >= 0.6 is 0 Å². The molecular formula is C23H24N4O2S. The van der Waals surface area contributed by atoms with Gasteiger partial charge >= 0.3 is 0 Å². The molecule has 0 radical (unpaired) electrons. The second-order valence-corrected chi connectivity index (χ2v) is 10.0. The second-order valence-electron chi connectivity index (χ2n) is 7.99. The van der Waals surface area contributed by atoms with E-state index < -0.39 is 15.1 Å². The van der Waals surface area contributed by atoms with Crippen molar-refractivity contribution in [3.63, 3.8) is 0 Å². The van der Waals surface area contributed by atoms with Crippen molar-refractivity contribution in [2.45, 2.75) is 36.8 Å². The maximum Gasteiger partial charge on any atom is 0.200 e. The fourth-order valence-corrected chi connectivity index (χ4v) is 5.48. The third-order valence-corrected chi connectivity index (χ3v) is 7.39. The molecule has 6 nitrogen and oxygen atoms in total. The lowest BCUT2D eigenvalue weighted by Crippen LogP contribution is -2.36. The largest absolute Gasteiger partial charge is 0.355 e. The molecule has 2 atom stereocenters. The SMILES string of the molecule is Cc1cccc(S(=O)(=O)[C@H](C#N)c2nc3ccccc3nc2N2CCC[C@H](C)C2)c1. The number of nitrogens with zero attached hydrogens (tertiary/aromatic N) is 4. The molecule has 0 bridgehead atoms. The highest BCUT2D eigenvalue weighted by molar-refractivity contribution is 7.92. The number of aromatic nitrogens is 2. The summed E-state index contributed by atoms with van der Waals surface area (Å²) in [6, 6.07) is 16.0. The molecule has 7 heteroatoms. The summed E-state index contributed by atoms with van der Waals surface area (Å²) in [6.45, 7) is 5.54. The minimum absolute atomic E-state index is 0.127. The zero-order chi connectivity index (χ0) is 21.3. The van der Waals surface area contributed by atoms with Crippen LogP contribution in [-0.2, 0) is 9.84 Å². The lowest BCUT2D eigenvalue weighted by Gasteiger charge is -2.33. The lowest BCUT2D eigenvalue weighted by atomic mass is 10.00. The molecule has 30 heavy (non-hydrogen) atoms. The molecule has 0 saturated carbocycles. The molecule has 3 aromatic rings. The number of hydrogen-bond donors (Lipinski definition) is 0. The minimum Gasteiger partial charge on any atom is -0.355 e. The van der Waals surface area contributed by atoms with Crippen LogP contribution in [0.5, 0.6) is 0 Å². The third-order valence-electron chi connectivity index (χ3n) is 5.53. The van der Waals surface area contributed by atoms with Gasteiger partial charge in [0.05, 0.1) is 22.0 Å². The Bertz CT molecular complexity index is 1230. The lowest BCUT2D eigenvalue weighted by molar-refractivity contribution is 0.443. The summed E-state index contributed by atoms with van der Waals surface area (Å²) in [5, 5.41) is 8.55. The minimum atomic E-state index is -3.96. The second kappa shape index (κ2) is 8.04. The zero-order valence-electron chi connectivity index (χ0n) is 17.1. The van der Waals surface area contributed by atoms with Gasteiger partial charge in [-0.05, 0) is 55.5 Å². The number of rotatable bonds is 4. The van der Waals surface area contributed by atoms with Gasteiger partial charge in [-0.15, -0.1) is 0 Å². The summed E-state index contributed by atoms with van der Waals surface area (Å²) >= 11 is 0. The summed E-state index contributed by atoms with van der Waals surface area (Å²) in [7, 11) is -3.96. The maximum absolute atomic E-state index is 13.4. The van der Waals surface area contributed by atoms with E-state index in [2.05, 4.69) is 16.8 Å². The summed E-state index contributed by atoms with van der Waals surface area (Å²) in [5.74, 6) is 0.969. The van der Waals surface area contributed by atoms with Crippen LogP contribution < -0.4 is 4.90 Å². The van der Waals surface area contributed by atoms with Gasteiger partial charge in [-0.3, -0.25) is 0 Å². The molecule has 1 fully saturated rings. The average molecular weight is 421 g/mol. The van der Waals surface area contributed by atoms with Crippen molar-refractivity contribution in [1.29, 1.82) is 5.26 Å². The number of sulfone groups is 1. The Kier molecular flexibility index (Phi) is 5.44. The first-order valence-corrected chi connectivity index (χ1v) is 11.7. The number of anilines is 1. The van der Waals surface area contributed by atoms with Gasteiger partial charge in [0.25, 0.3) is 0 Å². The summed E-state index contributed by atoms with van der Waals surface area (Å²) in [5.41, 5.74) is 2.31. The van der Waals surface area contributed by atoms with E-state index in [1.54, 1.807) is 18.2 Å². The predicted molar refractivity (Wildman–Crippen MR) is 117 cm³/mol. The van der Waals surface area contributed by atoms with E-state index >= 15 is 0 Å². The molecule has 0 N–H and O–H groups in total. The fraction of sp³-hybridized carbons (Fsp3) is 0.348. The average Bonchev–Trinajstić information content (AvgIpc) is 2.73. The first-order chi connectivity index (χ1) is 14.4. The Hall–Kier alpha value is -2.98. The molecule has 2 heterocycles. The van der Waals surface area contributed by atoms with E-state index in [1.165, 1.54) is 6.07 Å². The number of piperidine rings is 1. The summed E-state index contributed by atoms with van der Waals surface area (Å²) in [4.78, 5) is 11.6. The molecule has 154 valence electrons. The highest BCUT2D eigenvalue weighted by atomic mass is 32.2. The van der Waals surface area contributed by atoms with E-state index in [9.17, 15) is 13.7 Å². The molecule has 0 aliphatic carbocycles. The molecular weight excluding hydrogens is 396 g/mol. The standard InChI is InChI=1S/C23H24N4O2S/c1-16-7-5-9-18(13-16)30(28,29)21(14-24)22-23(27-12-6-8-17(2)15-27)26-20-11-4-3-10-19(20)25-22/h3-5,7,9-11,13,17,21H,6,8,12,15H2,1-2H3/t17-,21+/m0/s1. The quantitative estimate of drug-likeness (QED) is 0.628. The highest BCUT2D eigenvalue weighted by Crippen LogP contribution is 2.35. The fourth-order valence-electron chi connectivity index (χ4n) is 4.00. The molecule has 0 amide bonds. The van der Waals surface area contributed by atoms with E-state index in [4.69, 9.17) is 4.98 Å². The monoisotopic (exact) mass is 420 g/mol. The molecule has 1 saturated heterocycles. The molecule has 1 aromatic heterocycles. The van der Waals surface area contributed by atoms with Gasteiger partial charge in [0.2, 0.25) is 9.84 Å². The van der Waals surface area contributed by atoms with Crippen LogP contribution in [0.2, 0.25) is 0 Å². The molecule has 1 aliphatic rings. The molecule has 1 aliphatic heterocycles. The van der Waals surface area contributed by atoms with Gasteiger partial charge < -0.3 is 4.90 Å². The van der Waals surface area contributed by atoms with Crippen LogP contribution in [0, 0.1) is 24.2 Å². The molecule has 2 aromatic carbocycles. The number of nitriles is 1. The molecule has 4 rings (SSSR count). The van der Waals surface area contributed by atoms with Crippen molar-refractivity contribution in [2.75, 3.05) is 18.0 Å². The van der Waals surface area contributed by atoms with Crippen LogP contribution in [0.4, 0.5) is 5.82 Å². The van der Waals surface area contributed by atoms with Crippen LogP contribution in [-0.4, -0.2) is 31.5 Å². The van der Waals surface area contributed by atoms with Crippen LogP contribution in [0.1, 0.15) is 36.3 Å². The Morgan fingerprint density at radius 3 is 2.53 bits per heavy atom. The summed E-state index contributed by atoms with van der Waals surface area (Å²) in [6.07, 6.45) is 2.12. The predicted octanol–water partition coefficient (Wildman–Crippen LogP) is 4.21. The van der Waals surface area contributed by atoms with E-state index in [0.29, 0.717) is 22.8 Å². The number of fused-ring (bicyclic) bond motifs is 1. The topological polar surface area (TPSA) is 86.9 Å². The Morgan fingerprint density at radius 1 is 1.13 bits per heavy atom. The Morgan fingerprint density at radius 2 is 1.87 bits per heavy atom. The number of para-hydroxylation sites is 2. The maximum atomic E-state index is 13.4. The van der Waals surface area contributed by atoms with Crippen LogP contribution in [0.15, 0.2) is 53.4 Å². The summed E-state index contributed by atoms with van der Waals surface area (Å²) < 4.78 is 26.9. The van der Waals surface area contributed by atoms with Crippen molar-refractivity contribution in [1.82, 2.24) is 9.97 Å². The number of hydrogen-bond acceptors (Lipinski definition) is 6. The van der Waals surface area contributed by atoms with E-state index in [0.717, 1.165) is 31.5 Å². The molecule has 0 spiro atoms. The van der Waals surface area contributed by atoms with Gasteiger partial charge in [-0.2, -0.15) is 5.26 Å². The van der Waals surface area contributed by atoms with Crippen molar-refractivity contribution in [3.8, 4) is 6.07 Å². The van der Waals surface area contributed by atoms with E-state index in [1.807, 2.05) is 37.3 Å². The first-order valence-electron chi connectivity index (χ1n) is 10.1. The number of benzene rings is 2. The van der Waals surface area contributed by atoms with Crippen molar-refractivity contribution >= 4 is 26.7 Å². The van der Waals surface area contributed by atoms with Crippen molar-refractivity contribution < 1.29 is 8.42 Å². The van der Waals surface area contributed by atoms with Gasteiger partial charge in [-0.1, -0.05) is 31.2 Å². The van der Waals surface area contributed by atoms with Gasteiger partial charge in [0.1, 0.15) is 5.69 Å². The van der Waals surface area contributed by atoms with Crippen molar-refractivity contribution in [3.05, 3.63) is 59.8 Å². The van der Waals surface area contributed by atoms with E-state index in [-0.39, 0.29) is 10.6 Å². The van der Waals surface area contributed by atoms with Gasteiger partial charge in [-0.25, -0.2) is 18.4 Å². The first kappa shape index (κ1) is 20.3. The third kappa shape index (κ3) is 3.75. The van der Waals surface area contributed by atoms with Gasteiger partial charge in [0, 0.05) is 13.1 Å². The van der Waals surface area contributed by atoms with Crippen LogP contribution in [0.3, 0.4) is 0 Å². The van der Waals surface area contributed by atoms with Gasteiger partial charge in [0.15, 0.2) is 11.1 Å². The Labute approximate surface area is 177 Å². The van der Waals surface area contributed by atoms with Crippen molar-refractivity contribution in [2.24, 2.45) is 5.92 Å². The van der Waals surface area contributed by atoms with Crippen LogP contribution in [0.25, 0.3) is 11.0 Å². The Balaban J connectivity index is 1.91. The zero-order valence-corrected chi connectivity index (χ0v) is 17.9. The normalized spacial score (nSPS) is 18.2.